The van der Waals surface area contributed by atoms with Gasteiger partial charge in [-0.05, 0) is 0 Å². The summed E-state index contributed by atoms with van der Waals surface area (Å²) in [5.41, 5.74) is 0.00576. The van der Waals surface area contributed by atoms with Crippen LogP contribution in [-0.4, -0.2) is 41.2 Å². The molecular weight excluding hydrogens is 249 g/mol. The van der Waals surface area contributed by atoms with Crippen molar-refractivity contribution in [1.29, 1.82) is 0 Å². The molecule has 0 atom stereocenters. The first-order valence-electron chi connectivity index (χ1n) is 6.04. The summed E-state index contributed by atoms with van der Waals surface area (Å²) in [6.07, 6.45) is 8.88. The Morgan fingerprint density at radius 3 is 1.65 bits per heavy atom. The van der Waals surface area contributed by atoms with E-state index in [1.807, 2.05) is 0 Å². The summed E-state index contributed by atoms with van der Waals surface area (Å²) in [6.45, 7) is 6.58. The molecule has 0 radical (unpaired) electrons. The van der Waals surface area contributed by atoms with Crippen LogP contribution >= 0.6 is 0 Å². The van der Waals surface area contributed by atoms with Gasteiger partial charge >= 0.3 is 109 Å². The predicted molar refractivity (Wildman–Crippen MR) is 71.6 cm³/mol. The molecule has 0 spiro atoms. The Morgan fingerprint density at radius 1 is 0.941 bits per heavy atom. The van der Waals surface area contributed by atoms with Crippen LogP contribution in [0, 0.1) is 0 Å². The van der Waals surface area contributed by atoms with Gasteiger partial charge in [-0.25, -0.2) is 0 Å². The summed E-state index contributed by atoms with van der Waals surface area (Å²) in [7, 11) is 8.68. The maximum atomic E-state index is 5.24. The van der Waals surface area contributed by atoms with Crippen molar-refractivity contribution in [2.24, 2.45) is 3.79 Å². The number of hydrogen-bond donors (Lipinski definition) is 0. The van der Waals surface area contributed by atoms with E-state index in [4.69, 9.17) is 3.79 Å². The fourth-order valence-electron chi connectivity index (χ4n) is 2.23. The van der Waals surface area contributed by atoms with Gasteiger partial charge in [-0.1, -0.05) is 0 Å². The van der Waals surface area contributed by atoms with E-state index in [9.17, 15) is 0 Å². The molecule has 0 saturated carbocycles. The molecule has 0 bridgehead atoms. The third-order valence-corrected chi connectivity index (χ3v) is 9.61. The van der Waals surface area contributed by atoms with Crippen molar-refractivity contribution in [1.82, 2.24) is 7.50 Å². The molecular formula is C13H26N3V. The Bertz CT molecular complexity index is 349. The average molecular weight is 275 g/mol. The van der Waals surface area contributed by atoms with Crippen LogP contribution in [0.15, 0.2) is 28.1 Å². The monoisotopic (exact) mass is 275 g/mol. The number of allylic oxidation sites excluding steroid dienone is 4. The molecule has 0 aliphatic heterocycles. The van der Waals surface area contributed by atoms with Gasteiger partial charge in [-0.2, -0.15) is 0 Å². The Labute approximate surface area is 109 Å². The SMILES string of the molecule is C[N](C)[V](=[N]C(C)(C)C)([CH]1C=CC=C1)[N](C)C. The molecule has 0 heterocycles. The van der Waals surface area contributed by atoms with Crippen LogP contribution in [0.5, 0.6) is 0 Å². The molecule has 3 nitrogen and oxygen atoms in total. The van der Waals surface area contributed by atoms with Crippen LogP contribution in [-0.2, 0) is 14.3 Å². The van der Waals surface area contributed by atoms with Gasteiger partial charge in [-0.3, -0.25) is 0 Å². The predicted octanol–water partition coefficient (Wildman–Crippen LogP) is 2.99. The maximum absolute atomic E-state index is 5.24. The molecule has 0 amide bonds. The van der Waals surface area contributed by atoms with Crippen LogP contribution in [0.2, 0.25) is 4.63 Å². The third-order valence-electron chi connectivity index (χ3n) is 2.75. The van der Waals surface area contributed by atoms with Gasteiger partial charge in [0.05, 0.1) is 0 Å². The van der Waals surface area contributed by atoms with Gasteiger partial charge in [0.25, 0.3) is 0 Å². The zero-order chi connectivity index (χ0) is 13.3. The van der Waals surface area contributed by atoms with Gasteiger partial charge < -0.3 is 0 Å². The van der Waals surface area contributed by atoms with Crippen LogP contribution in [0.25, 0.3) is 0 Å². The van der Waals surface area contributed by atoms with Gasteiger partial charge in [0.1, 0.15) is 0 Å². The van der Waals surface area contributed by atoms with E-state index >= 15 is 0 Å². The zero-order valence-electron chi connectivity index (χ0n) is 12.2. The van der Waals surface area contributed by atoms with Gasteiger partial charge in [-0.15, -0.1) is 0 Å². The van der Waals surface area contributed by atoms with E-state index in [0.29, 0.717) is 4.63 Å². The van der Waals surface area contributed by atoms with Crippen molar-refractivity contribution in [3.63, 3.8) is 0 Å². The zero-order valence-corrected chi connectivity index (χ0v) is 13.6. The normalized spacial score (nSPS) is 17.5. The molecule has 0 N–H and O–H groups in total. The summed E-state index contributed by atoms with van der Waals surface area (Å²) in [6, 6.07) is 0. The molecule has 1 aliphatic rings. The minimum absolute atomic E-state index is 0.00576. The first-order valence-corrected chi connectivity index (χ1v) is 8.72. The Hall–Kier alpha value is -0.216. The molecule has 4 heteroatoms. The third kappa shape index (κ3) is 3.16. The Morgan fingerprint density at radius 2 is 1.35 bits per heavy atom. The van der Waals surface area contributed by atoms with Gasteiger partial charge in [0.15, 0.2) is 0 Å². The van der Waals surface area contributed by atoms with Crippen molar-refractivity contribution in [3.05, 3.63) is 24.3 Å². The second-order valence-electron chi connectivity index (χ2n) is 5.84. The minimum atomic E-state index is -2.44. The standard InChI is InChI=1S/C5H5.C4H9N.2C2H6N.V/c1-2-4-5-3-1;1-4(2,3)5;2*1-3-2;/h1-5H;1-3H3;2*1-2H3;/q;;2*-1;+2. The summed E-state index contributed by atoms with van der Waals surface area (Å²) >= 11 is -2.44. The molecule has 17 heavy (non-hydrogen) atoms. The fourth-order valence-corrected chi connectivity index (χ4v) is 8.19. The van der Waals surface area contributed by atoms with Crippen LogP contribution in [0.1, 0.15) is 20.8 Å². The van der Waals surface area contributed by atoms with E-state index in [-0.39, 0.29) is 5.54 Å². The van der Waals surface area contributed by atoms with Crippen molar-refractivity contribution >= 4 is 0 Å². The van der Waals surface area contributed by atoms with E-state index < -0.39 is 14.3 Å². The molecule has 0 aromatic carbocycles. The number of rotatable bonds is 3. The van der Waals surface area contributed by atoms with Crippen molar-refractivity contribution < 1.29 is 14.3 Å². The van der Waals surface area contributed by atoms with E-state index in [1.165, 1.54) is 0 Å². The number of nitrogens with zero attached hydrogens (tertiary/aromatic N) is 3. The Balaban J connectivity index is 3.38. The first-order chi connectivity index (χ1) is 7.70. The second kappa shape index (κ2) is 5.19. The summed E-state index contributed by atoms with van der Waals surface area (Å²) in [4.78, 5) is 0. The Kier molecular flexibility index (Phi) is 4.53. The molecule has 0 unspecified atom stereocenters. The van der Waals surface area contributed by atoms with Crippen LogP contribution in [0.4, 0.5) is 0 Å². The molecule has 98 valence electrons. The number of hydrogen-bond acceptors (Lipinski definition) is 1. The second-order valence-corrected chi connectivity index (χ2v) is 11.5. The van der Waals surface area contributed by atoms with Crippen molar-refractivity contribution in [2.45, 2.75) is 30.9 Å². The van der Waals surface area contributed by atoms with Crippen molar-refractivity contribution in [3.8, 4) is 0 Å². The van der Waals surface area contributed by atoms with Gasteiger partial charge in [0.2, 0.25) is 0 Å². The molecule has 0 aromatic rings. The van der Waals surface area contributed by atoms with Crippen molar-refractivity contribution in [2.75, 3.05) is 28.2 Å². The summed E-state index contributed by atoms with van der Waals surface area (Å²) < 4.78 is 10.5. The molecule has 0 aromatic heterocycles. The van der Waals surface area contributed by atoms with E-state index in [2.05, 4.69) is 80.8 Å². The summed E-state index contributed by atoms with van der Waals surface area (Å²) in [5, 5.41) is 0. The van der Waals surface area contributed by atoms with Crippen LogP contribution in [0.3, 0.4) is 0 Å². The van der Waals surface area contributed by atoms with Gasteiger partial charge in [0, 0.05) is 0 Å². The summed E-state index contributed by atoms with van der Waals surface area (Å²) in [5.74, 6) is 0. The topological polar surface area (TPSA) is 18.8 Å². The van der Waals surface area contributed by atoms with E-state index in [1.54, 1.807) is 0 Å². The first kappa shape index (κ1) is 14.8. The van der Waals surface area contributed by atoms with Crippen LogP contribution < -0.4 is 0 Å². The molecule has 0 fully saturated rings. The molecule has 0 saturated heterocycles. The fraction of sp³-hybridized carbons (Fsp3) is 0.692. The van der Waals surface area contributed by atoms with E-state index in [0.717, 1.165) is 0 Å². The average Bonchev–Trinajstić information content (AvgIpc) is 2.64. The molecule has 1 aliphatic carbocycles. The molecule has 1 rings (SSSR count). The quantitative estimate of drug-likeness (QED) is 0.788.